The quantitative estimate of drug-likeness (QED) is 0.333. The number of hydrogen-bond donors (Lipinski definition) is 1. The van der Waals surface area contributed by atoms with E-state index < -0.39 is 21.7 Å². The molecule has 1 N–H and O–H groups in total. The van der Waals surface area contributed by atoms with Gasteiger partial charge in [0.15, 0.2) is 0 Å². The monoisotopic (exact) mass is 811 g/mol. The first-order valence-electron chi connectivity index (χ1n) is 19.6. The molecule has 1 saturated carbocycles. The summed E-state index contributed by atoms with van der Waals surface area (Å²) < 4.78 is 39.8. The molecule has 1 spiro atoms. The number of allylic oxidation sites excluding steroid dienone is 1. The molecule has 2 aromatic rings. The third-order valence-electron chi connectivity index (χ3n) is 12.1. The second-order valence-corrected chi connectivity index (χ2v) is 18.5. The van der Waals surface area contributed by atoms with Gasteiger partial charge in [-0.25, -0.2) is 9.00 Å². The number of piperidine rings is 1. The number of carbonyl (C=O) groups excluding carboxylic acids is 3. The van der Waals surface area contributed by atoms with Gasteiger partial charge in [0.2, 0.25) is 0 Å². The average molecular weight is 812 g/mol. The summed E-state index contributed by atoms with van der Waals surface area (Å²) in [5, 5.41) is 0.733. The Hall–Kier alpha value is -3.65. The summed E-state index contributed by atoms with van der Waals surface area (Å²) in [6.07, 6.45) is 11.2. The Morgan fingerprint density at radius 2 is 1.91 bits per heavy atom. The van der Waals surface area contributed by atoms with E-state index in [4.69, 9.17) is 25.8 Å². The van der Waals surface area contributed by atoms with Gasteiger partial charge in [-0.05, 0) is 111 Å². The number of hydrogen-bond acceptors (Lipinski definition) is 8. The van der Waals surface area contributed by atoms with Crippen LogP contribution in [0.4, 0.5) is 10.5 Å². The van der Waals surface area contributed by atoms with Crippen molar-refractivity contribution in [2.24, 2.45) is 16.2 Å². The fourth-order valence-electron chi connectivity index (χ4n) is 9.01. The molecule has 3 heterocycles. The molecule has 2 bridgehead atoms. The first kappa shape index (κ1) is 42.0. The van der Waals surface area contributed by atoms with Crippen LogP contribution in [0.5, 0.6) is 5.75 Å². The number of urea groups is 1. The van der Waals surface area contributed by atoms with Gasteiger partial charge in [-0.3, -0.25) is 14.3 Å². The van der Waals surface area contributed by atoms with Crippen molar-refractivity contribution in [1.29, 1.82) is 0 Å². The van der Waals surface area contributed by atoms with Gasteiger partial charge >= 0.3 is 6.03 Å². The van der Waals surface area contributed by atoms with Gasteiger partial charge in [0.05, 0.1) is 30.3 Å². The maximum absolute atomic E-state index is 14.4. The lowest BCUT2D eigenvalue weighted by Gasteiger charge is -2.46. The minimum Gasteiger partial charge on any atom is -0.490 e. The molecule has 2 aromatic carbocycles. The van der Waals surface area contributed by atoms with Crippen LogP contribution in [0.1, 0.15) is 80.3 Å². The average Bonchev–Trinajstić information content (AvgIpc) is 3.31. The standard InChI is InChI=1S/C41H54ClN5O7S.CH4/c1-45(2)40(50)46-19-16-32(17-20-46)53-25-38(48)43-55(51)21-6-4-5-9-36(52-3)33-13-10-30(33)24-47-26-41(18-7-8-28-22-31(42)12-14-34(28)41)27-54-37-15-11-29(23-35(37)47)39(49)44-55;/h5,9,11-12,14-15,22-23,30,32-33,36H,4,6-8,10,13,16-21,24-27H2,1-3H3,(H,43,44,48,49,51);1H4/b9-5+;/t30-,33+,36-,41-,55?;/m0./s1. The van der Waals surface area contributed by atoms with Crippen molar-refractivity contribution in [2.75, 3.05) is 71.3 Å². The number of amides is 4. The number of methoxy groups -OCH3 is 1. The van der Waals surface area contributed by atoms with Crippen LogP contribution in [-0.2, 0) is 36.0 Å². The van der Waals surface area contributed by atoms with Crippen LogP contribution in [0.2, 0.25) is 5.02 Å². The number of rotatable bonds is 5. The van der Waals surface area contributed by atoms with Gasteiger partial charge in [0.25, 0.3) is 11.8 Å². The van der Waals surface area contributed by atoms with Crippen molar-refractivity contribution in [3.63, 3.8) is 0 Å². The van der Waals surface area contributed by atoms with Gasteiger partial charge < -0.3 is 28.9 Å². The first-order valence-corrected chi connectivity index (χ1v) is 21.7. The molecule has 0 radical (unpaired) electrons. The highest BCUT2D eigenvalue weighted by Crippen LogP contribution is 2.47. The van der Waals surface area contributed by atoms with Gasteiger partial charge in [-0.1, -0.05) is 37.2 Å². The first-order chi connectivity index (χ1) is 26.5. The molecule has 5 aliphatic rings. The zero-order chi connectivity index (χ0) is 38.7. The Balaban J connectivity index is 0.00000532. The number of aryl methyl sites for hydroxylation is 1. The van der Waals surface area contributed by atoms with Gasteiger partial charge in [-0.2, -0.15) is 0 Å². The molecule has 1 unspecified atom stereocenters. The smallest absolute Gasteiger partial charge is 0.319 e. The van der Waals surface area contributed by atoms with Crippen molar-refractivity contribution >= 4 is 45.0 Å². The van der Waals surface area contributed by atoms with Crippen LogP contribution >= 0.6 is 11.6 Å². The summed E-state index contributed by atoms with van der Waals surface area (Å²) in [5.41, 5.74) is 3.34. The third kappa shape index (κ3) is 9.22. The fourth-order valence-corrected chi connectivity index (χ4v) is 10.8. The fraction of sp³-hybridized carbons (Fsp3) is 0.595. The van der Waals surface area contributed by atoms with Crippen molar-refractivity contribution in [3.8, 4) is 5.75 Å². The molecule has 306 valence electrons. The molecule has 12 nitrogen and oxygen atoms in total. The number of ether oxygens (including phenoxy) is 3. The molecule has 0 aromatic heterocycles. The summed E-state index contributed by atoms with van der Waals surface area (Å²) in [4.78, 5) is 45.2. The van der Waals surface area contributed by atoms with Gasteiger partial charge in [0, 0.05) is 63.4 Å². The van der Waals surface area contributed by atoms with Gasteiger partial charge in [-0.15, -0.1) is 4.36 Å². The molecule has 4 amide bonds. The molecule has 3 aliphatic heterocycles. The highest BCUT2D eigenvalue weighted by molar-refractivity contribution is 7.92. The maximum Gasteiger partial charge on any atom is 0.319 e. The topological polar surface area (TPSA) is 130 Å². The number of nitrogens with one attached hydrogen (secondary N) is 1. The summed E-state index contributed by atoms with van der Waals surface area (Å²) in [6, 6.07) is 11.5. The van der Waals surface area contributed by atoms with E-state index in [0.29, 0.717) is 69.5 Å². The molecule has 2 aliphatic carbocycles. The Morgan fingerprint density at radius 1 is 1.11 bits per heavy atom. The van der Waals surface area contributed by atoms with Crippen LogP contribution in [0, 0.1) is 11.8 Å². The van der Waals surface area contributed by atoms with E-state index >= 15 is 0 Å². The van der Waals surface area contributed by atoms with Crippen molar-refractivity contribution in [3.05, 3.63) is 70.3 Å². The largest absolute Gasteiger partial charge is 0.490 e. The minimum absolute atomic E-state index is 0. The summed E-state index contributed by atoms with van der Waals surface area (Å²) in [6.45, 7) is 2.69. The van der Waals surface area contributed by atoms with Crippen molar-refractivity contribution < 1.29 is 32.8 Å². The second kappa shape index (κ2) is 17.9. The lowest BCUT2D eigenvalue weighted by atomic mass is 9.68. The Morgan fingerprint density at radius 3 is 2.64 bits per heavy atom. The minimum atomic E-state index is -3.51. The zero-order valence-electron chi connectivity index (χ0n) is 32.2. The van der Waals surface area contributed by atoms with Gasteiger partial charge in [0.1, 0.15) is 22.3 Å². The number of likely N-dealkylation sites (tertiary alicyclic amines) is 1. The Bertz CT molecular complexity index is 1920. The van der Waals surface area contributed by atoms with E-state index in [-0.39, 0.29) is 49.0 Å². The van der Waals surface area contributed by atoms with Crippen molar-refractivity contribution in [2.45, 2.75) is 82.8 Å². The van der Waals surface area contributed by atoms with E-state index in [2.05, 4.69) is 38.3 Å². The van der Waals surface area contributed by atoms with E-state index in [1.807, 2.05) is 18.2 Å². The Kier molecular flexibility index (Phi) is 13.4. The lowest BCUT2D eigenvalue weighted by Crippen LogP contribution is -2.49. The highest BCUT2D eigenvalue weighted by Gasteiger charge is 2.44. The molecule has 1 saturated heterocycles. The van der Waals surface area contributed by atoms with Crippen LogP contribution in [-0.4, -0.2) is 110 Å². The van der Waals surface area contributed by atoms with Crippen molar-refractivity contribution in [1.82, 2.24) is 14.5 Å². The normalized spacial score (nSPS) is 28.6. The summed E-state index contributed by atoms with van der Waals surface area (Å²) in [7, 11) is 1.68. The summed E-state index contributed by atoms with van der Waals surface area (Å²) in [5.74, 6) is 0.140. The third-order valence-corrected chi connectivity index (χ3v) is 14.2. The molecule has 5 atom stereocenters. The van der Waals surface area contributed by atoms with E-state index in [1.54, 1.807) is 37.1 Å². The van der Waals surface area contributed by atoms with E-state index in [9.17, 15) is 18.6 Å². The second-order valence-electron chi connectivity index (χ2n) is 16.0. The molecular formula is C42H58ClN5O7S. The Labute approximate surface area is 337 Å². The number of benzene rings is 2. The maximum atomic E-state index is 14.4. The number of anilines is 1. The number of halogens is 1. The summed E-state index contributed by atoms with van der Waals surface area (Å²) >= 11 is 6.46. The molecular weight excluding hydrogens is 754 g/mol. The SMILES string of the molecule is C.CO[C@H]1/C=C/CCCS(=O)(NC(=O)COC2CCN(C(=O)N(C)C)CC2)=NC(=O)c2ccc3c(c2)N(C[C@@H]2CC[C@H]21)C[C@@]1(CCCc2cc(Cl)ccc21)CO3. The highest BCUT2D eigenvalue weighted by atomic mass is 35.5. The number of fused-ring (bicyclic) bond motifs is 4. The van der Waals surface area contributed by atoms with Crippen LogP contribution in [0.3, 0.4) is 0 Å². The molecule has 14 heteroatoms. The predicted octanol–water partition coefficient (Wildman–Crippen LogP) is 6.64. The van der Waals surface area contributed by atoms with E-state index in [0.717, 1.165) is 49.4 Å². The molecule has 2 fully saturated rings. The van der Waals surface area contributed by atoms with E-state index in [1.165, 1.54) is 11.1 Å². The number of carbonyl (C=O) groups is 3. The molecule has 7 rings (SSSR count). The lowest BCUT2D eigenvalue weighted by molar-refractivity contribution is -0.126. The number of nitrogens with zero attached hydrogens (tertiary/aromatic N) is 4. The van der Waals surface area contributed by atoms with Crippen LogP contribution in [0.15, 0.2) is 52.9 Å². The molecule has 56 heavy (non-hydrogen) atoms. The predicted molar refractivity (Wildman–Crippen MR) is 220 cm³/mol. The van der Waals surface area contributed by atoms with Crippen LogP contribution < -0.4 is 14.4 Å². The van der Waals surface area contributed by atoms with Crippen LogP contribution in [0.25, 0.3) is 0 Å². The zero-order valence-corrected chi connectivity index (χ0v) is 33.7.